The average molecular weight is 298 g/mol. The lowest BCUT2D eigenvalue weighted by molar-refractivity contribution is 0.0559. The first-order valence-corrected chi connectivity index (χ1v) is 7.85. The van der Waals surface area contributed by atoms with Crippen LogP contribution in [0.3, 0.4) is 0 Å². The summed E-state index contributed by atoms with van der Waals surface area (Å²) in [4.78, 5) is 12.2. The van der Waals surface area contributed by atoms with Crippen molar-refractivity contribution in [2.24, 2.45) is 5.92 Å². The highest BCUT2D eigenvalue weighted by Gasteiger charge is 2.15. The number of ether oxygens (including phenoxy) is 1. The number of amides is 2. The maximum absolute atomic E-state index is 12.2. The molecule has 2 N–H and O–H groups in total. The monoisotopic (exact) mass is 298 g/mol. The lowest BCUT2D eigenvalue weighted by Crippen LogP contribution is -2.36. The van der Waals surface area contributed by atoms with Crippen LogP contribution in [0.15, 0.2) is 36.4 Å². The average Bonchev–Trinajstić information content (AvgIpc) is 2.56. The van der Waals surface area contributed by atoms with Crippen molar-refractivity contribution in [1.82, 2.24) is 5.32 Å². The van der Waals surface area contributed by atoms with Crippen LogP contribution >= 0.6 is 0 Å². The van der Waals surface area contributed by atoms with Gasteiger partial charge in [-0.25, -0.2) is 4.79 Å². The third-order valence-corrected chi connectivity index (χ3v) is 4.18. The lowest BCUT2D eigenvalue weighted by atomic mass is 10.0. The minimum absolute atomic E-state index is 0.148. The number of fused-ring (bicyclic) bond motifs is 1. The van der Waals surface area contributed by atoms with Gasteiger partial charge in [-0.05, 0) is 36.6 Å². The molecule has 4 nitrogen and oxygen atoms in total. The molecule has 1 aliphatic rings. The number of urea groups is 1. The predicted octanol–water partition coefficient (Wildman–Crippen LogP) is 3.70. The molecule has 0 aromatic heterocycles. The number of benzene rings is 2. The van der Waals surface area contributed by atoms with Crippen LogP contribution in [-0.4, -0.2) is 25.8 Å². The Morgan fingerprint density at radius 2 is 2.14 bits per heavy atom. The maximum atomic E-state index is 12.2. The predicted molar refractivity (Wildman–Crippen MR) is 89.2 cm³/mol. The van der Waals surface area contributed by atoms with Crippen LogP contribution in [0.25, 0.3) is 10.8 Å². The van der Waals surface area contributed by atoms with Crippen molar-refractivity contribution in [1.29, 1.82) is 0 Å². The van der Waals surface area contributed by atoms with Gasteiger partial charge in [-0.3, -0.25) is 0 Å². The fourth-order valence-corrected chi connectivity index (χ4v) is 2.91. The number of anilines is 1. The fraction of sp³-hybridized carbons (Fsp3) is 0.389. The van der Waals surface area contributed by atoms with Gasteiger partial charge >= 0.3 is 6.03 Å². The van der Waals surface area contributed by atoms with Gasteiger partial charge in [-0.2, -0.15) is 0 Å². The molecule has 0 saturated carbocycles. The standard InChI is InChI=1S/C18H22N2O2/c1-13-8-9-15-6-2-3-7-16(15)17(13)20-18(21)19-11-14-5-4-10-22-12-14/h2-3,6-9,14H,4-5,10-12H2,1H3,(H2,19,20,21). The van der Waals surface area contributed by atoms with E-state index in [9.17, 15) is 4.79 Å². The van der Waals surface area contributed by atoms with Crippen molar-refractivity contribution in [3.8, 4) is 0 Å². The minimum Gasteiger partial charge on any atom is -0.381 e. The quantitative estimate of drug-likeness (QED) is 0.908. The summed E-state index contributed by atoms with van der Waals surface area (Å²) in [5.74, 6) is 0.424. The van der Waals surface area contributed by atoms with Crippen molar-refractivity contribution in [3.05, 3.63) is 42.0 Å². The first-order chi connectivity index (χ1) is 10.7. The fourth-order valence-electron chi connectivity index (χ4n) is 2.91. The van der Waals surface area contributed by atoms with E-state index in [1.54, 1.807) is 0 Å². The van der Waals surface area contributed by atoms with E-state index in [1.165, 1.54) is 0 Å². The highest BCUT2D eigenvalue weighted by Crippen LogP contribution is 2.26. The molecule has 116 valence electrons. The van der Waals surface area contributed by atoms with E-state index < -0.39 is 0 Å². The Hall–Kier alpha value is -2.07. The zero-order valence-electron chi connectivity index (χ0n) is 12.9. The molecule has 2 amide bonds. The molecule has 1 fully saturated rings. The minimum atomic E-state index is -0.148. The van der Waals surface area contributed by atoms with Crippen molar-refractivity contribution in [2.75, 3.05) is 25.1 Å². The Bertz CT molecular complexity index is 663. The van der Waals surface area contributed by atoms with Crippen LogP contribution in [0.1, 0.15) is 18.4 Å². The molecular formula is C18H22N2O2. The van der Waals surface area contributed by atoms with Gasteiger partial charge in [0.1, 0.15) is 0 Å². The van der Waals surface area contributed by atoms with Crippen LogP contribution in [0.5, 0.6) is 0 Å². The maximum Gasteiger partial charge on any atom is 0.319 e. The summed E-state index contributed by atoms with van der Waals surface area (Å²) in [5.41, 5.74) is 1.95. The van der Waals surface area contributed by atoms with Gasteiger partial charge in [-0.1, -0.05) is 36.4 Å². The van der Waals surface area contributed by atoms with Crippen LogP contribution < -0.4 is 10.6 Å². The molecule has 22 heavy (non-hydrogen) atoms. The number of rotatable bonds is 3. The summed E-state index contributed by atoms with van der Waals surface area (Å²) >= 11 is 0. The van der Waals surface area contributed by atoms with E-state index in [-0.39, 0.29) is 6.03 Å². The number of carbonyl (C=O) groups is 1. The normalized spacial score (nSPS) is 18.1. The molecule has 0 radical (unpaired) electrons. The third-order valence-electron chi connectivity index (χ3n) is 4.18. The van der Waals surface area contributed by atoms with E-state index in [0.717, 1.165) is 48.1 Å². The zero-order chi connectivity index (χ0) is 15.4. The van der Waals surface area contributed by atoms with Crippen molar-refractivity contribution >= 4 is 22.5 Å². The SMILES string of the molecule is Cc1ccc2ccccc2c1NC(=O)NCC1CCCOC1. The van der Waals surface area contributed by atoms with Gasteiger partial charge in [-0.15, -0.1) is 0 Å². The molecule has 4 heteroatoms. The van der Waals surface area contributed by atoms with E-state index >= 15 is 0 Å². The van der Waals surface area contributed by atoms with E-state index in [1.807, 2.05) is 31.2 Å². The van der Waals surface area contributed by atoms with E-state index in [4.69, 9.17) is 4.74 Å². The second-order valence-electron chi connectivity index (χ2n) is 5.90. The van der Waals surface area contributed by atoms with E-state index in [2.05, 4.69) is 22.8 Å². The zero-order valence-corrected chi connectivity index (χ0v) is 12.9. The summed E-state index contributed by atoms with van der Waals surface area (Å²) in [6.45, 7) is 4.26. The molecule has 1 heterocycles. The Kier molecular flexibility index (Phi) is 4.59. The highest BCUT2D eigenvalue weighted by atomic mass is 16.5. The molecule has 0 aliphatic carbocycles. The number of aryl methyl sites for hydroxylation is 1. The number of nitrogens with one attached hydrogen (secondary N) is 2. The first kappa shape index (κ1) is 14.9. The number of hydrogen-bond acceptors (Lipinski definition) is 2. The number of hydrogen-bond donors (Lipinski definition) is 2. The summed E-state index contributed by atoms with van der Waals surface area (Å²) in [6, 6.07) is 12.0. The van der Waals surface area contributed by atoms with Crippen LogP contribution in [0.4, 0.5) is 10.5 Å². The molecule has 0 spiro atoms. The summed E-state index contributed by atoms with van der Waals surface area (Å²) in [5, 5.41) is 8.16. The topological polar surface area (TPSA) is 50.4 Å². The van der Waals surface area contributed by atoms with Crippen LogP contribution in [0, 0.1) is 12.8 Å². The lowest BCUT2D eigenvalue weighted by Gasteiger charge is -2.22. The van der Waals surface area contributed by atoms with Gasteiger partial charge in [0.15, 0.2) is 0 Å². The van der Waals surface area contributed by atoms with E-state index in [0.29, 0.717) is 12.5 Å². The van der Waals surface area contributed by atoms with Crippen LogP contribution in [-0.2, 0) is 4.74 Å². The Labute approximate surface area is 130 Å². The second kappa shape index (κ2) is 6.79. The van der Waals surface area contributed by atoms with Crippen molar-refractivity contribution < 1.29 is 9.53 Å². The van der Waals surface area contributed by atoms with Crippen LogP contribution in [0.2, 0.25) is 0 Å². The molecule has 1 aliphatic heterocycles. The number of carbonyl (C=O) groups excluding carboxylic acids is 1. The largest absolute Gasteiger partial charge is 0.381 e. The summed E-state index contributed by atoms with van der Waals surface area (Å²) in [6.07, 6.45) is 2.20. The highest BCUT2D eigenvalue weighted by molar-refractivity contribution is 6.02. The molecule has 1 saturated heterocycles. The molecule has 2 aromatic carbocycles. The molecule has 2 aromatic rings. The molecule has 1 atom stereocenters. The first-order valence-electron chi connectivity index (χ1n) is 7.85. The summed E-state index contributed by atoms with van der Waals surface area (Å²) in [7, 11) is 0. The molecule has 1 unspecified atom stereocenters. The molecule has 0 bridgehead atoms. The Morgan fingerprint density at radius 3 is 2.95 bits per heavy atom. The van der Waals surface area contributed by atoms with Gasteiger partial charge in [0.25, 0.3) is 0 Å². The van der Waals surface area contributed by atoms with Crippen molar-refractivity contribution in [3.63, 3.8) is 0 Å². The van der Waals surface area contributed by atoms with Gasteiger partial charge in [0, 0.05) is 18.5 Å². The Morgan fingerprint density at radius 1 is 1.27 bits per heavy atom. The summed E-state index contributed by atoms with van der Waals surface area (Å²) < 4.78 is 5.44. The smallest absolute Gasteiger partial charge is 0.319 e. The molecule has 3 rings (SSSR count). The van der Waals surface area contributed by atoms with Gasteiger partial charge < -0.3 is 15.4 Å². The molecular weight excluding hydrogens is 276 g/mol. The van der Waals surface area contributed by atoms with Crippen molar-refractivity contribution in [2.45, 2.75) is 19.8 Å². The van der Waals surface area contributed by atoms with Gasteiger partial charge in [0.2, 0.25) is 0 Å². The second-order valence-corrected chi connectivity index (χ2v) is 5.90. The third kappa shape index (κ3) is 3.39. The Balaban J connectivity index is 1.67. The van der Waals surface area contributed by atoms with Gasteiger partial charge in [0.05, 0.1) is 12.3 Å².